The smallest absolute Gasteiger partial charge is 0.356 e. The fraction of sp³-hybridized carbons (Fsp3) is 0.571. The summed E-state index contributed by atoms with van der Waals surface area (Å²) in [4.78, 5) is 19.1. The Morgan fingerprint density at radius 3 is 1.36 bits per heavy atom. The molecule has 0 aromatic heterocycles. The molecule has 0 heterocycles. The van der Waals surface area contributed by atoms with Crippen LogP contribution in [0.1, 0.15) is 20.8 Å². The van der Waals surface area contributed by atoms with Crippen molar-refractivity contribution in [3.05, 3.63) is 0 Å². The first-order valence-corrected chi connectivity index (χ1v) is 4.31. The first-order valence-electron chi connectivity index (χ1n) is 3.17. The Hall–Kier alpha value is -0.500. The number of Topliss-reactive ketones (excluding diaryl/α,β-unsaturated/α-hetero) is 1. The van der Waals surface area contributed by atoms with Crippen molar-refractivity contribution in [3.63, 3.8) is 0 Å². The summed E-state index contributed by atoms with van der Waals surface area (Å²) in [6.07, 6.45) is 0. The highest BCUT2D eigenvalue weighted by Gasteiger charge is 2.29. The number of ketones is 1. The van der Waals surface area contributed by atoms with E-state index in [1.165, 1.54) is 20.8 Å². The molecule has 14 heavy (non-hydrogen) atoms. The van der Waals surface area contributed by atoms with Crippen molar-refractivity contribution in [3.8, 4) is 6.07 Å². The summed E-state index contributed by atoms with van der Waals surface area (Å²) in [5.74, 6) is -1.29. The molecule has 0 aliphatic heterocycles. The Morgan fingerprint density at radius 2 is 1.36 bits per heavy atom. The van der Waals surface area contributed by atoms with Crippen LogP contribution in [0.3, 0.4) is 0 Å². The standard InChI is InChI=1S/C3H6O.C2HCl3O2.C2H3N/c1-3(2)4;3-2(4,5)1(6)7;1-2-3/h1-2H3;(H,6,7);1H3. The number of halogens is 3. The van der Waals surface area contributed by atoms with Crippen LogP contribution < -0.4 is 0 Å². The minimum absolute atomic E-state index is 0.167. The number of carboxylic acid groups (broad SMARTS) is 1. The lowest BCUT2D eigenvalue weighted by Crippen LogP contribution is -2.16. The van der Waals surface area contributed by atoms with E-state index in [4.69, 9.17) is 45.2 Å². The molecule has 82 valence electrons. The maximum atomic E-state index is 9.62. The average Bonchev–Trinajstić information content (AvgIpc) is 1.84. The van der Waals surface area contributed by atoms with E-state index in [2.05, 4.69) is 0 Å². The summed E-state index contributed by atoms with van der Waals surface area (Å²) >= 11 is 14.4. The third kappa shape index (κ3) is 41.9. The molecule has 0 radical (unpaired) electrons. The van der Waals surface area contributed by atoms with Crippen molar-refractivity contribution < 1.29 is 14.7 Å². The van der Waals surface area contributed by atoms with Gasteiger partial charge in [-0.3, -0.25) is 0 Å². The van der Waals surface area contributed by atoms with Gasteiger partial charge in [-0.1, -0.05) is 34.8 Å². The molecule has 0 spiro atoms. The quantitative estimate of drug-likeness (QED) is 0.681. The van der Waals surface area contributed by atoms with Crippen LogP contribution >= 0.6 is 34.8 Å². The van der Waals surface area contributed by atoms with Gasteiger partial charge in [-0.05, 0) is 13.8 Å². The number of hydrogen-bond acceptors (Lipinski definition) is 3. The molecule has 0 atom stereocenters. The van der Waals surface area contributed by atoms with E-state index in [0.717, 1.165) is 0 Å². The molecule has 7 heteroatoms. The normalized spacial score (nSPS) is 8.07. The van der Waals surface area contributed by atoms with Crippen LogP contribution in [0.25, 0.3) is 0 Å². The molecule has 0 fully saturated rings. The number of nitriles is 1. The third-order valence-corrected chi connectivity index (χ3v) is 0.728. The zero-order valence-corrected chi connectivity index (χ0v) is 10.1. The highest BCUT2D eigenvalue weighted by Crippen LogP contribution is 2.25. The topological polar surface area (TPSA) is 78.2 Å². The van der Waals surface area contributed by atoms with Gasteiger partial charge >= 0.3 is 5.97 Å². The molecular formula is C7H10Cl3NO3. The molecule has 0 amide bonds. The number of nitrogens with zero attached hydrogens (tertiary/aromatic N) is 1. The van der Waals surface area contributed by atoms with Crippen LogP contribution in [-0.2, 0) is 9.59 Å². The Morgan fingerprint density at radius 1 is 1.29 bits per heavy atom. The summed E-state index contributed by atoms with van der Waals surface area (Å²) in [6, 6.07) is 1.75. The van der Waals surface area contributed by atoms with Crippen molar-refractivity contribution in [1.29, 1.82) is 5.26 Å². The molecular weight excluding hydrogens is 252 g/mol. The Kier molecular flexibility index (Phi) is 14.5. The molecule has 0 bridgehead atoms. The van der Waals surface area contributed by atoms with E-state index in [-0.39, 0.29) is 5.78 Å². The summed E-state index contributed by atoms with van der Waals surface area (Å²) in [5.41, 5.74) is 0. The summed E-state index contributed by atoms with van der Waals surface area (Å²) in [5, 5.41) is 15.2. The number of hydrogen-bond donors (Lipinski definition) is 1. The highest BCUT2D eigenvalue weighted by molar-refractivity contribution is 6.75. The van der Waals surface area contributed by atoms with Gasteiger partial charge in [-0.2, -0.15) is 5.26 Å². The van der Waals surface area contributed by atoms with Crippen molar-refractivity contribution in [2.75, 3.05) is 0 Å². The molecule has 1 N–H and O–H groups in total. The van der Waals surface area contributed by atoms with Gasteiger partial charge in [0.2, 0.25) is 0 Å². The largest absolute Gasteiger partial charge is 0.478 e. The maximum absolute atomic E-state index is 9.62. The van der Waals surface area contributed by atoms with Gasteiger partial charge in [-0.25, -0.2) is 4.79 Å². The molecule has 0 aliphatic rings. The van der Waals surface area contributed by atoms with E-state index in [9.17, 15) is 9.59 Å². The molecule has 0 aromatic carbocycles. The minimum Gasteiger partial charge on any atom is -0.478 e. The van der Waals surface area contributed by atoms with Crippen LogP contribution in [-0.4, -0.2) is 20.7 Å². The third-order valence-electron chi connectivity index (χ3n) is 0.243. The first kappa shape index (κ1) is 19.1. The minimum atomic E-state index is -2.17. The predicted octanol–water partition coefficient (Wildman–Crippen LogP) is 2.57. The molecule has 0 aliphatic carbocycles. The highest BCUT2D eigenvalue weighted by atomic mass is 35.6. The van der Waals surface area contributed by atoms with Gasteiger partial charge in [0.15, 0.2) is 0 Å². The van der Waals surface area contributed by atoms with E-state index in [1.807, 2.05) is 0 Å². The fourth-order valence-corrected chi connectivity index (χ4v) is 0. The van der Waals surface area contributed by atoms with Crippen molar-refractivity contribution in [2.45, 2.75) is 24.6 Å². The van der Waals surface area contributed by atoms with Crippen molar-refractivity contribution in [1.82, 2.24) is 0 Å². The van der Waals surface area contributed by atoms with Gasteiger partial charge in [0.05, 0.1) is 6.07 Å². The molecule has 0 saturated heterocycles. The summed E-state index contributed by atoms with van der Waals surface area (Å²) < 4.78 is -2.17. The molecule has 0 rings (SSSR count). The number of carbonyl (C=O) groups excluding carboxylic acids is 1. The number of rotatable bonds is 0. The zero-order chi connectivity index (χ0) is 12.4. The van der Waals surface area contributed by atoms with Crippen LogP contribution in [0.15, 0.2) is 0 Å². The van der Waals surface area contributed by atoms with E-state index in [1.54, 1.807) is 6.07 Å². The number of aliphatic carboxylic acids is 1. The van der Waals surface area contributed by atoms with Gasteiger partial charge in [-0.15, -0.1) is 0 Å². The Bertz CT molecular complexity index is 213. The Labute approximate surface area is 97.4 Å². The Balaban J connectivity index is -0.000000147. The maximum Gasteiger partial charge on any atom is 0.356 e. The summed E-state index contributed by atoms with van der Waals surface area (Å²) in [7, 11) is 0. The second-order valence-corrected chi connectivity index (χ2v) is 4.22. The number of carbonyl (C=O) groups is 2. The fourth-order valence-electron chi connectivity index (χ4n) is 0. The van der Waals surface area contributed by atoms with Crippen LogP contribution in [0.4, 0.5) is 0 Å². The second kappa shape index (κ2) is 10.6. The monoisotopic (exact) mass is 261 g/mol. The molecule has 0 saturated carbocycles. The molecule has 4 nitrogen and oxygen atoms in total. The zero-order valence-electron chi connectivity index (χ0n) is 7.84. The predicted molar refractivity (Wildman–Crippen MR) is 55.6 cm³/mol. The summed E-state index contributed by atoms with van der Waals surface area (Å²) in [6.45, 7) is 4.49. The van der Waals surface area contributed by atoms with Gasteiger partial charge in [0.25, 0.3) is 3.79 Å². The van der Waals surface area contributed by atoms with E-state index in [0.29, 0.717) is 0 Å². The van der Waals surface area contributed by atoms with Gasteiger partial charge in [0, 0.05) is 6.92 Å². The molecule has 0 unspecified atom stereocenters. The van der Waals surface area contributed by atoms with Crippen molar-refractivity contribution in [2.24, 2.45) is 0 Å². The SMILES string of the molecule is CC#N.CC(C)=O.O=C(O)C(Cl)(Cl)Cl. The van der Waals surface area contributed by atoms with E-state index >= 15 is 0 Å². The van der Waals surface area contributed by atoms with Gasteiger partial charge in [0.1, 0.15) is 5.78 Å². The van der Waals surface area contributed by atoms with Crippen LogP contribution in [0.5, 0.6) is 0 Å². The van der Waals surface area contributed by atoms with Gasteiger partial charge < -0.3 is 9.90 Å². The van der Waals surface area contributed by atoms with Crippen LogP contribution in [0.2, 0.25) is 0 Å². The second-order valence-electron chi connectivity index (χ2n) is 1.93. The molecule has 0 aromatic rings. The lowest BCUT2D eigenvalue weighted by Gasteiger charge is -1.99. The van der Waals surface area contributed by atoms with Crippen molar-refractivity contribution >= 4 is 46.6 Å². The number of carboxylic acids is 1. The average molecular weight is 263 g/mol. The number of alkyl halides is 3. The van der Waals surface area contributed by atoms with E-state index < -0.39 is 9.76 Å². The van der Waals surface area contributed by atoms with Crippen LogP contribution in [0, 0.1) is 11.3 Å². The first-order chi connectivity index (χ1) is 6.09. The lowest BCUT2D eigenvalue weighted by molar-refractivity contribution is -0.136. The lowest BCUT2D eigenvalue weighted by atomic mass is 10.6.